The molecule has 0 saturated heterocycles. The van der Waals surface area contributed by atoms with Crippen molar-refractivity contribution in [1.29, 1.82) is 0 Å². The van der Waals surface area contributed by atoms with Gasteiger partial charge in [0.2, 0.25) is 0 Å². The predicted octanol–water partition coefficient (Wildman–Crippen LogP) is 1.81. The quantitative estimate of drug-likeness (QED) is 0.402. The van der Waals surface area contributed by atoms with Gasteiger partial charge in [-0.25, -0.2) is 9.59 Å². The van der Waals surface area contributed by atoms with Crippen LogP contribution in [0.1, 0.15) is 44.9 Å². The Morgan fingerprint density at radius 2 is 1.41 bits per heavy atom. The highest BCUT2D eigenvalue weighted by atomic mass is 16.4. The summed E-state index contributed by atoms with van der Waals surface area (Å²) in [5, 5.41) is 25.8. The smallest absolute Gasteiger partial charge is 0.331 e. The van der Waals surface area contributed by atoms with Gasteiger partial charge in [0.15, 0.2) is 0 Å². The molecule has 0 saturated carbocycles. The van der Waals surface area contributed by atoms with Gasteiger partial charge in [0.05, 0.1) is 0 Å². The van der Waals surface area contributed by atoms with E-state index in [2.05, 4.69) is 0 Å². The first kappa shape index (κ1) is 15.6. The minimum absolute atomic E-state index is 0.0483. The van der Waals surface area contributed by atoms with E-state index in [9.17, 15) is 9.59 Å². The molecule has 0 aromatic carbocycles. The van der Waals surface area contributed by atoms with Crippen LogP contribution in [0.2, 0.25) is 0 Å². The van der Waals surface area contributed by atoms with Crippen molar-refractivity contribution in [1.82, 2.24) is 0 Å². The van der Waals surface area contributed by atoms with Gasteiger partial charge < -0.3 is 15.3 Å². The summed E-state index contributed by atoms with van der Waals surface area (Å²) in [5.41, 5.74) is -0.0483. The Kier molecular flexibility index (Phi) is 9.05. The zero-order chi connectivity index (χ0) is 13.1. The van der Waals surface area contributed by atoms with Gasteiger partial charge in [-0.3, -0.25) is 0 Å². The molecule has 0 aliphatic heterocycles. The second-order valence-electron chi connectivity index (χ2n) is 3.91. The van der Waals surface area contributed by atoms with E-state index >= 15 is 0 Å². The fraction of sp³-hybridized carbons (Fsp3) is 0.667. The van der Waals surface area contributed by atoms with Gasteiger partial charge >= 0.3 is 11.9 Å². The molecular weight excluding hydrogens is 224 g/mol. The van der Waals surface area contributed by atoms with E-state index in [0.29, 0.717) is 12.8 Å². The van der Waals surface area contributed by atoms with E-state index in [1.54, 1.807) is 0 Å². The number of aliphatic carboxylic acids is 2. The van der Waals surface area contributed by atoms with E-state index in [0.717, 1.165) is 38.2 Å². The van der Waals surface area contributed by atoms with Crippen molar-refractivity contribution in [2.24, 2.45) is 0 Å². The van der Waals surface area contributed by atoms with Gasteiger partial charge in [-0.05, 0) is 19.3 Å². The van der Waals surface area contributed by atoms with E-state index in [-0.39, 0.29) is 12.2 Å². The Balaban J connectivity index is 3.70. The molecule has 0 fully saturated rings. The Hall–Kier alpha value is -1.36. The lowest BCUT2D eigenvalue weighted by Gasteiger charge is -2.02. The van der Waals surface area contributed by atoms with Crippen LogP contribution in [0, 0.1) is 0 Å². The van der Waals surface area contributed by atoms with Gasteiger partial charge in [-0.15, -0.1) is 0 Å². The molecule has 17 heavy (non-hydrogen) atoms. The molecule has 0 aromatic rings. The molecule has 0 atom stereocenters. The molecule has 3 N–H and O–H groups in total. The minimum atomic E-state index is -1.22. The van der Waals surface area contributed by atoms with Crippen LogP contribution in [0.4, 0.5) is 0 Å². The zero-order valence-electron chi connectivity index (χ0n) is 9.89. The number of aliphatic hydroxyl groups excluding tert-OH is 1. The van der Waals surface area contributed by atoms with Crippen LogP contribution in [0.25, 0.3) is 0 Å². The fourth-order valence-corrected chi connectivity index (χ4v) is 1.52. The van der Waals surface area contributed by atoms with Crippen LogP contribution in [-0.4, -0.2) is 33.9 Å². The highest BCUT2D eigenvalue weighted by molar-refractivity contribution is 5.94. The van der Waals surface area contributed by atoms with E-state index < -0.39 is 11.9 Å². The molecule has 0 unspecified atom stereocenters. The molecule has 0 aromatic heterocycles. The normalized spacial score (nSPS) is 11.5. The lowest BCUT2D eigenvalue weighted by Crippen LogP contribution is -2.04. The predicted molar refractivity (Wildman–Crippen MR) is 62.8 cm³/mol. The number of carboxylic acid groups (broad SMARTS) is 2. The van der Waals surface area contributed by atoms with E-state index in [4.69, 9.17) is 15.3 Å². The first-order chi connectivity index (χ1) is 8.07. The fourth-order valence-electron chi connectivity index (χ4n) is 1.52. The molecule has 0 bridgehead atoms. The molecule has 0 rings (SSSR count). The maximum Gasteiger partial charge on any atom is 0.331 e. The van der Waals surface area contributed by atoms with Crippen LogP contribution in [-0.2, 0) is 9.59 Å². The topological polar surface area (TPSA) is 94.8 Å². The Bertz CT molecular complexity index is 270. The highest BCUT2D eigenvalue weighted by Crippen LogP contribution is 2.12. The summed E-state index contributed by atoms with van der Waals surface area (Å²) in [5.74, 6) is -2.38. The average Bonchev–Trinajstić information content (AvgIpc) is 2.25. The number of unbranched alkanes of at least 4 members (excludes halogenated alkanes) is 5. The summed E-state index contributed by atoms with van der Waals surface area (Å²) in [6.07, 6.45) is 6.41. The number of aliphatic hydroxyl groups is 1. The highest BCUT2D eigenvalue weighted by Gasteiger charge is 2.08. The van der Waals surface area contributed by atoms with Gasteiger partial charge in [-0.1, -0.05) is 25.7 Å². The summed E-state index contributed by atoms with van der Waals surface area (Å²) in [7, 11) is 0. The monoisotopic (exact) mass is 244 g/mol. The third-order valence-electron chi connectivity index (χ3n) is 2.43. The summed E-state index contributed by atoms with van der Waals surface area (Å²) < 4.78 is 0. The van der Waals surface area contributed by atoms with E-state index in [1.165, 1.54) is 0 Å². The molecule has 0 spiro atoms. The summed E-state index contributed by atoms with van der Waals surface area (Å²) in [6.45, 7) is 0.213. The Morgan fingerprint density at radius 3 is 1.88 bits per heavy atom. The maximum absolute atomic E-state index is 10.7. The van der Waals surface area contributed by atoms with Crippen LogP contribution >= 0.6 is 0 Å². The molecular formula is C12H20O5. The number of carbonyl (C=O) groups is 2. The van der Waals surface area contributed by atoms with Crippen LogP contribution in [0.5, 0.6) is 0 Å². The van der Waals surface area contributed by atoms with Crippen molar-refractivity contribution in [2.45, 2.75) is 44.9 Å². The Morgan fingerprint density at radius 1 is 0.882 bits per heavy atom. The van der Waals surface area contributed by atoms with Gasteiger partial charge in [0.1, 0.15) is 0 Å². The van der Waals surface area contributed by atoms with Crippen LogP contribution in [0.3, 0.4) is 0 Å². The van der Waals surface area contributed by atoms with Gasteiger partial charge in [-0.2, -0.15) is 0 Å². The molecule has 0 radical (unpaired) electrons. The summed E-state index contributed by atoms with van der Waals surface area (Å²) in [4.78, 5) is 21.0. The number of hydrogen-bond donors (Lipinski definition) is 3. The largest absolute Gasteiger partial charge is 0.478 e. The van der Waals surface area contributed by atoms with Gasteiger partial charge in [0.25, 0.3) is 0 Å². The van der Waals surface area contributed by atoms with Crippen LogP contribution in [0.15, 0.2) is 11.6 Å². The molecule has 5 heteroatoms. The maximum atomic E-state index is 10.7. The minimum Gasteiger partial charge on any atom is -0.478 e. The first-order valence-electron chi connectivity index (χ1n) is 5.85. The molecule has 0 amide bonds. The first-order valence-corrected chi connectivity index (χ1v) is 5.85. The van der Waals surface area contributed by atoms with Crippen molar-refractivity contribution < 1.29 is 24.9 Å². The summed E-state index contributed by atoms with van der Waals surface area (Å²) in [6, 6.07) is 0. The SMILES string of the molecule is O=C(O)/C=C(/CCCCCCCCO)C(=O)O. The van der Waals surface area contributed by atoms with Crippen molar-refractivity contribution in [2.75, 3.05) is 6.61 Å². The Labute approximate surface area is 101 Å². The number of hydrogen-bond acceptors (Lipinski definition) is 3. The molecule has 5 nitrogen and oxygen atoms in total. The van der Waals surface area contributed by atoms with Crippen molar-refractivity contribution in [3.8, 4) is 0 Å². The summed E-state index contributed by atoms with van der Waals surface area (Å²) >= 11 is 0. The zero-order valence-corrected chi connectivity index (χ0v) is 9.89. The third-order valence-corrected chi connectivity index (χ3v) is 2.43. The van der Waals surface area contributed by atoms with Gasteiger partial charge in [0, 0.05) is 18.3 Å². The second kappa shape index (κ2) is 9.84. The molecule has 98 valence electrons. The lowest BCUT2D eigenvalue weighted by molar-refractivity contribution is -0.135. The number of carboxylic acids is 2. The van der Waals surface area contributed by atoms with Crippen LogP contribution < -0.4 is 0 Å². The lowest BCUT2D eigenvalue weighted by atomic mass is 10.0. The van der Waals surface area contributed by atoms with Crippen molar-refractivity contribution >= 4 is 11.9 Å². The average molecular weight is 244 g/mol. The standard InChI is InChI=1S/C12H20O5/c13-8-6-4-2-1-3-5-7-10(12(16)17)9-11(14)15/h9,13H,1-8H2,(H,14,15)(H,16,17)/b10-9-. The van der Waals surface area contributed by atoms with Crippen molar-refractivity contribution in [3.63, 3.8) is 0 Å². The number of rotatable bonds is 10. The van der Waals surface area contributed by atoms with Crippen molar-refractivity contribution in [3.05, 3.63) is 11.6 Å². The molecule has 0 heterocycles. The molecule has 0 aliphatic rings. The second-order valence-corrected chi connectivity index (χ2v) is 3.91. The van der Waals surface area contributed by atoms with E-state index in [1.807, 2.05) is 0 Å². The third kappa shape index (κ3) is 9.56. The molecule has 0 aliphatic carbocycles.